The van der Waals surface area contributed by atoms with E-state index < -0.39 is 19.1 Å². The highest BCUT2D eigenvalue weighted by Gasteiger charge is 2.52. The Hall–Kier alpha value is -6.37. The number of hydrogen-bond acceptors (Lipinski definition) is 18. The minimum absolute atomic E-state index is 0.00550. The summed E-state index contributed by atoms with van der Waals surface area (Å²) < 4.78 is 15.6. The number of nitrogens with one attached hydrogen (secondary N) is 1. The third kappa shape index (κ3) is 28.3. The van der Waals surface area contributed by atoms with E-state index in [1.165, 1.54) is 56.5 Å². The van der Waals surface area contributed by atoms with Gasteiger partial charge in [-0.1, -0.05) is 136 Å². The van der Waals surface area contributed by atoms with Crippen molar-refractivity contribution in [1.82, 2.24) is 40.0 Å². The number of carbonyl (C=O) groups excluding carboxylic acids is 1. The van der Waals surface area contributed by atoms with Crippen molar-refractivity contribution in [2.45, 2.75) is 144 Å². The Labute approximate surface area is 752 Å². The van der Waals surface area contributed by atoms with Crippen LogP contribution in [0, 0.1) is 0 Å². The first kappa shape index (κ1) is 97.1. The van der Waals surface area contributed by atoms with Crippen LogP contribution in [0.1, 0.15) is 165 Å². The zero-order chi connectivity index (χ0) is 87.0. The molecule has 14 rings (SSSR count). The molecular formula is C89H104B2Br3Cl3N8O9S4. The van der Waals surface area contributed by atoms with Gasteiger partial charge in [-0.05, 0) is 243 Å². The van der Waals surface area contributed by atoms with Gasteiger partial charge < -0.3 is 49.6 Å². The molecule has 3 aliphatic heterocycles. The fourth-order valence-electron chi connectivity index (χ4n) is 11.6. The summed E-state index contributed by atoms with van der Waals surface area (Å²) in [6.07, 6.45) is 7.44. The molecule has 0 unspecified atom stereocenters. The van der Waals surface area contributed by atoms with Crippen molar-refractivity contribution in [2.75, 3.05) is 66.5 Å². The van der Waals surface area contributed by atoms with Crippen molar-refractivity contribution in [3.63, 3.8) is 0 Å². The lowest BCUT2D eigenvalue weighted by molar-refractivity contribution is 0.00578. The summed E-state index contributed by atoms with van der Waals surface area (Å²) in [6.45, 7) is 42.3. The normalized spacial score (nSPS) is 14.7. The van der Waals surface area contributed by atoms with Crippen molar-refractivity contribution in [3.05, 3.63) is 241 Å². The Kier molecular flexibility index (Phi) is 35.1. The van der Waals surface area contributed by atoms with Gasteiger partial charge in [-0.15, -0.1) is 45.3 Å². The second-order valence-electron chi connectivity index (χ2n) is 33.7. The number of hydrogen-bond donors (Lipinski definition) is 5. The van der Waals surface area contributed by atoms with Crippen LogP contribution >= 0.6 is 128 Å². The summed E-state index contributed by atoms with van der Waals surface area (Å²) in [5.41, 5.74) is 13.2. The predicted molar refractivity (Wildman–Crippen MR) is 505 cm³/mol. The Morgan fingerprint density at radius 2 is 0.831 bits per heavy atom. The molecule has 0 saturated carbocycles. The van der Waals surface area contributed by atoms with Crippen molar-refractivity contribution >= 4 is 171 Å². The highest BCUT2D eigenvalue weighted by molar-refractivity contribution is 9.11. The average Bonchev–Trinajstić information content (AvgIpc) is 1.61. The zero-order valence-electron chi connectivity index (χ0n) is 69.9. The van der Waals surface area contributed by atoms with Crippen LogP contribution in [0.15, 0.2) is 186 Å². The highest BCUT2D eigenvalue weighted by Crippen LogP contribution is 2.41. The number of nitrogens with zero attached hydrogens (tertiary/aromatic N) is 7. The number of piperazine rings is 2. The lowest BCUT2D eigenvalue weighted by Crippen LogP contribution is -2.47. The van der Waals surface area contributed by atoms with Crippen molar-refractivity contribution in [2.24, 2.45) is 0 Å². The van der Waals surface area contributed by atoms with Gasteiger partial charge in [0.05, 0.1) is 26.1 Å². The molecule has 5 N–H and O–H groups in total. The molecule has 1 amide bonds. The molecule has 0 atom stereocenters. The fourth-order valence-corrected chi connectivity index (χ4v) is 17.7. The van der Waals surface area contributed by atoms with Crippen LogP contribution in [0.3, 0.4) is 0 Å². The monoisotopic (exact) mass is 1920 g/mol. The van der Waals surface area contributed by atoms with Crippen LogP contribution in [0.2, 0.25) is 15.1 Å². The third-order valence-electron chi connectivity index (χ3n) is 19.5. The zero-order valence-corrected chi connectivity index (χ0v) is 80.2. The van der Waals surface area contributed by atoms with Crippen molar-refractivity contribution in [1.29, 1.82) is 0 Å². The summed E-state index contributed by atoms with van der Waals surface area (Å²) >= 11 is 35.4. The molecule has 3 aromatic carbocycles. The molecule has 3 saturated heterocycles. The number of thiophene rings is 4. The van der Waals surface area contributed by atoms with Gasteiger partial charge in [0.2, 0.25) is 0 Å². The maximum Gasteiger partial charge on any atom is 0.494 e. The summed E-state index contributed by atoms with van der Waals surface area (Å²) in [4.78, 5) is 62.3. The molecule has 0 aliphatic carbocycles. The molecule has 29 heteroatoms. The Morgan fingerprint density at radius 1 is 0.458 bits per heavy atom. The molecule has 17 nitrogen and oxygen atoms in total. The minimum atomic E-state index is -1.68. The molecule has 118 heavy (non-hydrogen) atoms. The van der Waals surface area contributed by atoms with E-state index in [9.17, 15) is 14.4 Å². The third-order valence-corrected chi connectivity index (χ3v) is 26.4. The van der Waals surface area contributed by atoms with Gasteiger partial charge >= 0.3 is 26.2 Å². The second-order valence-corrected chi connectivity index (χ2v) is 41.8. The predicted octanol–water partition coefficient (Wildman–Crippen LogP) is 22.0. The van der Waals surface area contributed by atoms with E-state index in [2.05, 4.69) is 267 Å². The van der Waals surface area contributed by atoms with Gasteiger partial charge in [-0.2, -0.15) is 0 Å². The van der Waals surface area contributed by atoms with E-state index in [4.69, 9.17) is 64.4 Å². The molecule has 0 radical (unpaired) electrons. The number of halogens is 6. The van der Waals surface area contributed by atoms with Gasteiger partial charge in [0.15, 0.2) is 0 Å². The Morgan fingerprint density at radius 3 is 1.19 bits per heavy atom. The van der Waals surface area contributed by atoms with E-state index >= 15 is 0 Å². The van der Waals surface area contributed by atoms with Crippen LogP contribution in [-0.4, -0.2) is 165 Å². The first-order chi connectivity index (χ1) is 55.2. The number of aromatic carboxylic acids is 2. The summed E-state index contributed by atoms with van der Waals surface area (Å²) in [6, 6.07) is 39.2. The van der Waals surface area contributed by atoms with Gasteiger partial charge in [-0.3, -0.25) is 24.7 Å². The quantitative estimate of drug-likeness (QED) is 0.0803. The summed E-state index contributed by atoms with van der Waals surface area (Å²) in [5.74, 6) is -2.04. The number of carboxylic acid groups (broad SMARTS) is 2. The van der Waals surface area contributed by atoms with E-state index in [1.807, 2.05) is 76.8 Å². The van der Waals surface area contributed by atoms with E-state index in [-0.39, 0.29) is 67.5 Å². The molecule has 626 valence electrons. The molecule has 11 aromatic rings. The van der Waals surface area contributed by atoms with E-state index in [0.29, 0.717) is 15.6 Å². The lowest BCUT2D eigenvalue weighted by Gasteiger charge is -2.32. The fraction of sp³-hybridized carbons (Fsp3) is 0.360. The number of carbonyl (C=O) groups is 3. The van der Waals surface area contributed by atoms with E-state index in [1.54, 1.807) is 63.5 Å². The van der Waals surface area contributed by atoms with Gasteiger partial charge in [0.1, 0.15) is 0 Å². The Balaban J connectivity index is 0.000000181. The second kappa shape index (κ2) is 42.6. The average molecular weight is 1930 g/mol. The SMILES string of the molecule is Brc1csc(Br)c1.CC(C)(C)c1cc(-c2cc(-c3ccc(C(=O)O)cc3Cl)cs2)ccn1.CC(C)(C)c1cc(-c2cc(Br)cs2)ccn1.CC(C)(C)c1cc(B2OC(C)(C)C(C)(C)O2)ccn1.CN1CCN(C(=O)c2ccc(-c3csc(-c4ccnc(C(C)(C)C)c4)c3)c(Cl)c2)CC1.CN1CCNCC1.O=C(O)c1ccc(B(O)O)c(Cl)c1. The number of rotatable bonds is 10. The largest absolute Gasteiger partial charge is 0.494 e. The smallest absolute Gasteiger partial charge is 0.478 e. The minimum Gasteiger partial charge on any atom is -0.478 e. The maximum atomic E-state index is 12.9. The lowest BCUT2D eigenvalue weighted by atomic mass is 9.77. The van der Waals surface area contributed by atoms with Gasteiger partial charge in [-0.25, -0.2) is 9.59 Å². The molecule has 3 aliphatic rings. The number of likely N-dealkylation sites (N-methyl/N-ethyl adjacent to an activating group) is 2. The summed E-state index contributed by atoms with van der Waals surface area (Å²) in [5, 5.41) is 47.8. The molecule has 8 aromatic heterocycles. The maximum absolute atomic E-state index is 12.9. The van der Waals surface area contributed by atoms with Crippen LogP contribution in [0.4, 0.5) is 0 Å². The van der Waals surface area contributed by atoms with Crippen LogP contribution in [0.25, 0.3) is 53.6 Å². The first-order valence-corrected chi connectivity index (χ1v) is 45.3. The molecule has 0 spiro atoms. The number of benzene rings is 3. The van der Waals surface area contributed by atoms with Gasteiger partial charge in [0.25, 0.3) is 5.91 Å². The number of carboxylic acids is 2. The molecular weight excluding hydrogens is 1820 g/mol. The highest BCUT2D eigenvalue weighted by atomic mass is 79.9. The van der Waals surface area contributed by atoms with Crippen molar-refractivity contribution in [3.8, 4) is 53.6 Å². The number of pyridine rings is 4. The summed E-state index contributed by atoms with van der Waals surface area (Å²) in [7, 11) is 2.24. The van der Waals surface area contributed by atoms with Crippen LogP contribution in [0.5, 0.6) is 0 Å². The molecule has 11 heterocycles. The van der Waals surface area contributed by atoms with E-state index in [0.717, 1.165) is 115 Å². The van der Waals surface area contributed by atoms with Crippen molar-refractivity contribution < 1.29 is 44.0 Å². The molecule has 3 fully saturated rings. The molecule has 0 bridgehead atoms. The standard InChI is InChI=1S/C25H28ClN3OS.C20H18ClNO2S.C15H24BNO2.C13H14BrNS.C7H6BClO4.C5H12N2.C4H2Br2S/c1-25(2,3)23-15-17(7-8-27-23)22-14-19(16-31-22)20-6-5-18(13-21(20)26)24(30)29-11-9-28(4)10-12-29;1-20(2,3)18-10-12(6-7-22-18)17-9-14(11-25-17)15-5-4-13(19(23)24)8-16(15)21;1-13(2,3)12-10-11(8-9-17-12)16-18-14(4,5)15(6,7)19-16;1-13(2,3)12-6-9(4-5-15-12)11-7-10(14)8-16-11;9-6-3-4(7(10)11)1-2-5(6)8(12)13;1-7-4-2-6-3-5-7;5-3-1-4(6)7-2-3/h5-8,13-16H,9-12H2,1-4H3;4-11H,1-3H3,(H,23,24);8-10H,1-7H3;4-8H,1-3H3;1-3,12-13H,(H,10,11);6H,2-5H2,1H3;1-2H. The Bertz CT molecular complexity index is 5170. The van der Waals surface area contributed by atoms with Crippen LogP contribution < -0.4 is 16.2 Å². The van der Waals surface area contributed by atoms with Gasteiger partial charge in [0, 0.05) is 193 Å². The van der Waals surface area contributed by atoms with Crippen LogP contribution in [-0.2, 0) is 31.0 Å². The first-order valence-electron chi connectivity index (χ1n) is 38.3. The number of amides is 1. The topological polar surface area (TPSA) is 224 Å². The number of aromatic nitrogens is 4.